The van der Waals surface area contributed by atoms with Crippen LogP contribution in [0.1, 0.15) is 55.4 Å². The molecule has 0 spiro atoms. The molecule has 1 fully saturated rings. The van der Waals surface area contributed by atoms with E-state index in [0.29, 0.717) is 6.54 Å². The van der Waals surface area contributed by atoms with E-state index in [1.165, 1.54) is 4.90 Å². The highest BCUT2D eigenvalue weighted by Crippen LogP contribution is 2.25. The monoisotopic (exact) mass is 358 g/mol. The minimum absolute atomic E-state index is 0.122. The predicted molar refractivity (Wildman–Crippen MR) is 95.4 cm³/mol. The van der Waals surface area contributed by atoms with Gasteiger partial charge < -0.3 is 19.5 Å². The maximum Gasteiger partial charge on any atom is 0.410 e. The smallest absolute Gasteiger partial charge is 0.410 e. The lowest BCUT2D eigenvalue weighted by Gasteiger charge is -2.47. The summed E-state index contributed by atoms with van der Waals surface area (Å²) in [6, 6.07) is -0.720. The number of piperazine rings is 1. The number of ether oxygens (including phenoxy) is 2. The quantitative estimate of drug-likeness (QED) is 0.821. The molecule has 1 rings (SSSR count). The molecule has 25 heavy (non-hydrogen) atoms. The van der Waals surface area contributed by atoms with Crippen molar-refractivity contribution >= 4 is 12.2 Å². The number of amides is 2. The van der Waals surface area contributed by atoms with Crippen LogP contribution in [0.2, 0.25) is 0 Å². The normalized spacial score (nSPS) is 22.2. The van der Waals surface area contributed by atoms with Crippen molar-refractivity contribution in [3.05, 3.63) is 0 Å². The van der Waals surface area contributed by atoms with E-state index in [-0.39, 0.29) is 25.1 Å². The first-order chi connectivity index (χ1) is 11.2. The molecule has 1 saturated heterocycles. The van der Waals surface area contributed by atoms with Crippen molar-refractivity contribution in [1.29, 1.82) is 0 Å². The summed E-state index contributed by atoms with van der Waals surface area (Å²) in [7, 11) is 0. The molecule has 1 heterocycles. The van der Waals surface area contributed by atoms with Crippen molar-refractivity contribution in [3.8, 4) is 0 Å². The summed E-state index contributed by atoms with van der Waals surface area (Å²) in [4.78, 5) is 28.2. The average Bonchev–Trinajstić information content (AvgIpc) is 2.41. The first-order valence-electron chi connectivity index (χ1n) is 8.85. The van der Waals surface area contributed by atoms with E-state index < -0.39 is 29.4 Å². The first-order valence-corrected chi connectivity index (χ1v) is 8.85. The second kappa shape index (κ2) is 7.81. The second-order valence-corrected chi connectivity index (χ2v) is 8.91. The fraction of sp³-hybridized carbons (Fsp3) is 0.889. The number of hydrogen-bond acceptors (Lipinski definition) is 5. The van der Waals surface area contributed by atoms with Gasteiger partial charge in [-0.15, -0.1) is 0 Å². The van der Waals surface area contributed by atoms with E-state index in [4.69, 9.17) is 9.47 Å². The molecule has 7 nitrogen and oxygen atoms in total. The van der Waals surface area contributed by atoms with Gasteiger partial charge in [-0.25, -0.2) is 9.59 Å². The first kappa shape index (κ1) is 21.5. The highest BCUT2D eigenvalue weighted by molar-refractivity contribution is 5.71. The Bertz CT molecular complexity index is 479. The van der Waals surface area contributed by atoms with Crippen molar-refractivity contribution in [3.63, 3.8) is 0 Å². The Morgan fingerprint density at radius 2 is 1.40 bits per heavy atom. The van der Waals surface area contributed by atoms with E-state index in [1.807, 2.05) is 34.6 Å². The summed E-state index contributed by atoms with van der Waals surface area (Å²) in [5, 5.41) is 9.74. The standard InChI is InChI=1S/C18H34N2O5/c1-12(2)14-10-19(15(22)24-17(3,4)5)13(11-21)9-20(14)16(23)25-18(6,7)8/h12-14,21H,9-11H2,1-8H3/t13-,14-/m1/s1. The second-order valence-electron chi connectivity index (χ2n) is 8.91. The molecule has 0 aromatic heterocycles. The van der Waals surface area contributed by atoms with Crippen LogP contribution < -0.4 is 0 Å². The van der Waals surface area contributed by atoms with Crippen molar-refractivity contribution in [1.82, 2.24) is 9.80 Å². The molecule has 7 heteroatoms. The Balaban J connectivity index is 3.00. The molecular weight excluding hydrogens is 324 g/mol. The van der Waals surface area contributed by atoms with Crippen molar-refractivity contribution in [2.45, 2.75) is 78.7 Å². The molecule has 0 bridgehead atoms. The van der Waals surface area contributed by atoms with Gasteiger partial charge in [0.15, 0.2) is 0 Å². The van der Waals surface area contributed by atoms with Gasteiger partial charge in [0.25, 0.3) is 0 Å². The molecule has 0 radical (unpaired) electrons. The molecule has 1 N–H and O–H groups in total. The van der Waals surface area contributed by atoms with Crippen LogP contribution in [-0.2, 0) is 9.47 Å². The summed E-state index contributed by atoms with van der Waals surface area (Å²) >= 11 is 0. The predicted octanol–water partition coefficient (Wildman–Crippen LogP) is 2.86. The summed E-state index contributed by atoms with van der Waals surface area (Å²) < 4.78 is 11.0. The van der Waals surface area contributed by atoms with Gasteiger partial charge in [-0.3, -0.25) is 4.90 Å². The third-order valence-electron chi connectivity index (χ3n) is 3.87. The van der Waals surface area contributed by atoms with Gasteiger partial charge in [-0.05, 0) is 47.5 Å². The van der Waals surface area contributed by atoms with Crippen molar-refractivity contribution in [2.75, 3.05) is 19.7 Å². The molecule has 0 saturated carbocycles. The third kappa shape index (κ3) is 6.38. The van der Waals surface area contributed by atoms with Crippen molar-refractivity contribution < 1.29 is 24.2 Å². The highest BCUT2D eigenvalue weighted by atomic mass is 16.6. The Hall–Kier alpha value is -1.50. The molecule has 146 valence electrons. The molecule has 2 atom stereocenters. The van der Waals surface area contributed by atoms with Gasteiger partial charge in [-0.2, -0.15) is 0 Å². The molecule has 0 aromatic carbocycles. The van der Waals surface area contributed by atoms with Gasteiger partial charge in [0.05, 0.1) is 18.7 Å². The average molecular weight is 358 g/mol. The van der Waals surface area contributed by atoms with Gasteiger partial charge in [0.2, 0.25) is 0 Å². The zero-order valence-electron chi connectivity index (χ0n) is 16.8. The zero-order chi connectivity index (χ0) is 19.6. The number of aliphatic hydroxyl groups is 1. The summed E-state index contributed by atoms with van der Waals surface area (Å²) in [5.41, 5.74) is -1.22. The SMILES string of the molecule is CC(C)[C@H]1CN(C(=O)OC(C)(C)C)[C@@H](CO)CN1C(=O)OC(C)(C)C. The number of carbonyl (C=O) groups is 2. The van der Waals surface area contributed by atoms with Crippen LogP contribution in [0.25, 0.3) is 0 Å². The Kier molecular flexibility index (Phi) is 6.73. The number of carbonyl (C=O) groups excluding carboxylic acids is 2. The number of rotatable bonds is 2. The molecule has 1 aliphatic heterocycles. The summed E-state index contributed by atoms with van der Waals surface area (Å²) in [6.07, 6.45) is -0.894. The molecule has 0 aromatic rings. The Labute approximate surface area is 151 Å². The highest BCUT2D eigenvalue weighted by Gasteiger charge is 2.42. The lowest BCUT2D eigenvalue weighted by atomic mass is 9.97. The van der Waals surface area contributed by atoms with Crippen LogP contribution in [0.15, 0.2) is 0 Å². The van der Waals surface area contributed by atoms with Gasteiger partial charge in [0, 0.05) is 13.1 Å². The van der Waals surface area contributed by atoms with Crippen LogP contribution in [0, 0.1) is 5.92 Å². The van der Waals surface area contributed by atoms with Gasteiger partial charge in [0.1, 0.15) is 11.2 Å². The van der Waals surface area contributed by atoms with E-state index in [2.05, 4.69) is 0 Å². The lowest BCUT2D eigenvalue weighted by Crippen LogP contribution is -2.64. The molecule has 1 aliphatic rings. The zero-order valence-corrected chi connectivity index (χ0v) is 16.8. The van der Waals surface area contributed by atoms with Gasteiger partial charge >= 0.3 is 12.2 Å². The van der Waals surface area contributed by atoms with E-state index in [1.54, 1.807) is 25.7 Å². The topological polar surface area (TPSA) is 79.3 Å². The minimum Gasteiger partial charge on any atom is -0.444 e. The molecule has 2 amide bonds. The van der Waals surface area contributed by atoms with Crippen molar-refractivity contribution in [2.24, 2.45) is 5.92 Å². The Morgan fingerprint density at radius 3 is 1.76 bits per heavy atom. The fourth-order valence-electron chi connectivity index (χ4n) is 2.71. The van der Waals surface area contributed by atoms with E-state index in [0.717, 1.165) is 0 Å². The van der Waals surface area contributed by atoms with Crippen LogP contribution >= 0.6 is 0 Å². The van der Waals surface area contributed by atoms with E-state index in [9.17, 15) is 14.7 Å². The maximum absolute atomic E-state index is 12.6. The largest absolute Gasteiger partial charge is 0.444 e. The Morgan fingerprint density at radius 1 is 0.960 bits per heavy atom. The van der Waals surface area contributed by atoms with Crippen LogP contribution in [0.3, 0.4) is 0 Å². The fourth-order valence-corrected chi connectivity index (χ4v) is 2.71. The van der Waals surface area contributed by atoms with E-state index >= 15 is 0 Å². The summed E-state index contributed by atoms with van der Waals surface area (Å²) in [6.45, 7) is 15.1. The molecule has 0 unspecified atom stereocenters. The van der Waals surface area contributed by atoms with Crippen LogP contribution in [-0.4, -0.2) is 70.1 Å². The number of hydrogen-bond donors (Lipinski definition) is 1. The molecule has 0 aliphatic carbocycles. The number of nitrogens with zero attached hydrogens (tertiary/aromatic N) is 2. The maximum atomic E-state index is 12.6. The molecular formula is C18H34N2O5. The number of aliphatic hydroxyl groups excluding tert-OH is 1. The van der Waals surface area contributed by atoms with Crippen LogP contribution in [0.5, 0.6) is 0 Å². The van der Waals surface area contributed by atoms with Crippen LogP contribution in [0.4, 0.5) is 9.59 Å². The van der Waals surface area contributed by atoms with Gasteiger partial charge in [-0.1, -0.05) is 13.8 Å². The lowest BCUT2D eigenvalue weighted by molar-refractivity contribution is -0.0455. The third-order valence-corrected chi connectivity index (χ3v) is 3.87. The summed E-state index contributed by atoms with van der Waals surface area (Å²) in [5.74, 6) is 0.122. The minimum atomic E-state index is -0.618.